The van der Waals surface area contributed by atoms with E-state index in [1.807, 2.05) is 37.3 Å². The van der Waals surface area contributed by atoms with Crippen LogP contribution in [0.4, 0.5) is 5.13 Å². The molecule has 0 N–H and O–H groups in total. The van der Waals surface area contributed by atoms with Crippen molar-refractivity contribution in [3.05, 3.63) is 77.6 Å². The van der Waals surface area contributed by atoms with E-state index in [0.29, 0.717) is 22.1 Å². The second-order valence-corrected chi connectivity index (χ2v) is 11.6. The number of nitrogens with zero attached hydrogens (tertiary/aromatic N) is 3. The standard InChI is InChI=1S/C25H25N3O4S2/c1-16(2)34(30,31)20-10-7-8-18(14-20)24(29)28(15-19-9-5-6-13-26-19)25-27-22-21(32-4)12-11-17(3)23(22)33-25/h5-14,16H,15H2,1-4H3. The summed E-state index contributed by atoms with van der Waals surface area (Å²) in [5.74, 6) is 0.264. The van der Waals surface area contributed by atoms with E-state index in [4.69, 9.17) is 9.72 Å². The number of sulfone groups is 1. The second kappa shape index (κ2) is 9.52. The molecule has 2 aromatic heterocycles. The van der Waals surface area contributed by atoms with Crippen LogP contribution in [0.3, 0.4) is 0 Å². The highest BCUT2D eigenvalue weighted by Crippen LogP contribution is 2.37. The third kappa shape index (κ3) is 4.53. The molecule has 0 saturated heterocycles. The van der Waals surface area contributed by atoms with Crippen LogP contribution in [0.15, 0.2) is 65.7 Å². The maximum Gasteiger partial charge on any atom is 0.260 e. The molecule has 2 heterocycles. The van der Waals surface area contributed by atoms with Crippen molar-refractivity contribution in [1.29, 1.82) is 0 Å². The molecule has 0 bridgehead atoms. The Morgan fingerprint density at radius 1 is 1.12 bits per heavy atom. The molecule has 176 valence electrons. The molecule has 7 nitrogen and oxygen atoms in total. The molecular formula is C25H25N3O4S2. The molecule has 0 radical (unpaired) electrons. The van der Waals surface area contributed by atoms with Gasteiger partial charge in [-0.2, -0.15) is 0 Å². The molecule has 0 spiro atoms. The molecule has 4 aromatic rings. The molecule has 0 atom stereocenters. The number of benzene rings is 2. The van der Waals surface area contributed by atoms with E-state index >= 15 is 0 Å². The highest BCUT2D eigenvalue weighted by molar-refractivity contribution is 7.92. The first-order valence-electron chi connectivity index (χ1n) is 10.7. The van der Waals surface area contributed by atoms with Gasteiger partial charge in [0.1, 0.15) is 11.3 Å². The second-order valence-electron chi connectivity index (χ2n) is 8.09. The average Bonchev–Trinajstić information content (AvgIpc) is 3.29. The first-order valence-corrected chi connectivity index (χ1v) is 13.1. The predicted octanol–water partition coefficient (Wildman–Crippen LogP) is 5.04. The van der Waals surface area contributed by atoms with Gasteiger partial charge in [-0.1, -0.05) is 29.5 Å². The lowest BCUT2D eigenvalue weighted by molar-refractivity contribution is 0.0984. The molecular weight excluding hydrogens is 470 g/mol. The first kappa shape index (κ1) is 23.8. The summed E-state index contributed by atoms with van der Waals surface area (Å²) in [6.07, 6.45) is 1.67. The minimum atomic E-state index is -3.53. The number of anilines is 1. The Balaban J connectivity index is 1.83. The van der Waals surface area contributed by atoms with E-state index in [2.05, 4.69) is 4.98 Å². The summed E-state index contributed by atoms with van der Waals surface area (Å²) < 4.78 is 31.8. The van der Waals surface area contributed by atoms with Gasteiger partial charge in [0.25, 0.3) is 5.91 Å². The fraction of sp³-hybridized carbons (Fsp3) is 0.240. The normalized spacial score (nSPS) is 11.7. The average molecular weight is 496 g/mol. The van der Waals surface area contributed by atoms with Gasteiger partial charge in [-0.25, -0.2) is 13.4 Å². The van der Waals surface area contributed by atoms with Crippen molar-refractivity contribution in [3.63, 3.8) is 0 Å². The topological polar surface area (TPSA) is 89.5 Å². The lowest BCUT2D eigenvalue weighted by Gasteiger charge is -2.20. The fourth-order valence-electron chi connectivity index (χ4n) is 3.49. The monoisotopic (exact) mass is 495 g/mol. The molecule has 0 saturated carbocycles. The molecule has 0 aliphatic carbocycles. The highest BCUT2D eigenvalue weighted by atomic mass is 32.2. The zero-order valence-corrected chi connectivity index (χ0v) is 21.0. The Labute approximate surface area is 203 Å². The van der Waals surface area contributed by atoms with Crippen LogP contribution in [-0.4, -0.2) is 36.7 Å². The van der Waals surface area contributed by atoms with Gasteiger partial charge in [-0.15, -0.1) is 0 Å². The summed E-state index contributed by atoms with van der Waals surface area (Å²) in [7, 11) is -1.95. The van der Waals surface area contributed by atoms with Crippen LogP contribution in [-0.2, 0) is 16.4 Å². The van der Waals surface area contributed by atoms with Crippen molar-refractivity contribution in [2.75, 3.05) is 12.0 Å². The third-order valence-electron chi connectivity index (χ3n) is 5.46. The van der Waals surface area contributed by atoms with Crippen LogP contribution in [0.25, 0.3) is 10.2 Å². The number of thiazole rings is 1. The fourth-order valence-corrected chi connectivity index (χ4v) is 5.65. The van der Waals surface area contributed by atoms with Crippen LogP contribution in [0, 0.1) is 6.92 Å². The number of fused-ring (bicyclic) bond motifs is 1. The number of aromatic nitrogens is 2. The van der Waals surface area contributed by atoms with Gasteiger partial charge >= 0.3 is 0 Å². The molecule has 0 aliphatic heterocycles. The summed E-state index contributed by atoms with van der Waals surface area (Å²) >= 11 is 1.39. The number of hydrogen-bond donors (Lipinski definition) is 0. The highest BCUT2D eigenvalue weighted by Gasteiger charge is 2.26. The number of hydrogen-bond acceptors (Lipinski definition) is 7. The SMILES string of the molecule is COc1ccc(C)c2sc(N(Cc3ccccn3)C(=O)c3cccc(S(=O)(=O)C(C)C)c3)nc12. The van der Waals surface area contributed by atoms with E-state index in [9.17, 15) is 13.2 Å². The Bertz CT molecular complexity index is 1450. The molecule has 9 heteroatoms. The smallest absolute Gasteiger partial charge is 0.260 e. The van der Waals surface area contributed by atoms with Crippen molar-refractivity contribution in [3.8, 4) is 5.75 Å². The lowest BCUT2D eigenvalue weighted by Crippen LogP contribution is -2.31. The molecule has 34 heavy (non-hydrogen) atoms. The first-order chi connectivity index (χ1) is 16.2. The predicted molar refractivity (Wildman–Crippen MR) is 134 cm³/mol. The number of ether oxygens (including phenoxy) is 1. The third-order valence-corrected chi connectivity index (χ3v) is 8.83. The van der Waals surface area contributed by atoms with Crippen LogP contribution in [0.1, 0.15) is 35.5 Å². The molecule has 1 amide bonds. The van der Waals surface area contributed by atoms with Crippen molar-refractivity contribution < 1.29 is 17.9 Å². The van der Waals surface area contributed by atoms with Gasteiger partial charge in [-0.3, -0.25) is 14.7 Å². The number of pyridine rings is 1. The summed E-state index contributed by atoms with van der Waals surface area (Å²) in [6, 6.07) is 15.5. The van der Waals surface area contributed by atoms with Crippen LogP contribution < -0.4 is 9.64 Å². The van der Waals surface area contributed by atoms with Crippen molar-refractivity contribution in [2.24, 2.45) is 0 Å². The van der Waals surface area contributed by atoms with Crippen molar-refractivity contribution >= 4 is 42.4 Å². The largest absolute Gasteiger partial charge is 0.494 e. The van der Waals surface area contributed by atoms with Crippen LogP contribution in [0.5, 0.6) is 5.75 Å². The zero-order valence-electron chi connectivity index (χ0n) is 19.3. The number of aryl methyl sites for hydroxylation is 1. The molecule has 0 fully saturated rings. The lowest BCUT2D eigenvalue weighted by atomic mass is 10.2. The number of methoxy groups -OCH3 is 1. The summed E-state index contributed by atoms with van der Waals surface area (Å²) in [6.45, 7) is 5.40. The Morgan fingerprint density at radius 2 is 1.91 bits per heavy atom. The number of carbonyl (C=O) groups is 1. The van der Waals surface area contributed by atoms with Gasteiger partial charge in [0.15, 0.2) is 15.0 Å². The minimum absolute atomic E-state index is 0.118. The van der Waals surface area contributed by atoms with E-state index < -0.39 is 15.1 Å². The van der Waals surface area contributed by atoms with E-state index in [-0.39, 0.29) is 22.9 Å². The van der Waals surface area contributed by atoms with Crippen molar-refractivity contribution in [1.82, 2.24) is 9.97 Å². The van der Waals surface area contributed by atoms with Crippen LogP contribution >= 0.6 is 11.3 Å². The number of carbonyl (C=O) groups excluding carboxylic acids is 1. The van der Waals surface area contributed by atoms with Gasteiger partial charge in [0.2, 0.25) is 0 Å². The van der Waals surface area contributed by atoms with Gasteiger partial charge < -0.3 is 4.74 Å². The Kier molecular flexibility index (Phi) is 6.67. The van der Waals surface area contributed by atoms with Crippen LogP contribution in [0.2, 0.25) is 0 Å². The molecule has 2 aromatic carbocycles. The Hall–Kier alpha value is -3.30. The summed E-state index contributed by atoms with van der Waals surface area (Å²) in [5, 5.41) is -0.113. The van der Waals surface area contributed by atoms with Gasteiger partial charge in [0.05, 0.1) is 34.2 Å². The quantitative estimate of drug-likeness (QED) is 0.357. The maximum absolute atomic E-state index is 13.8. The summed E-state index contributed by atoms with van der Waals surface area (Å²) in [4.78, 5) is 24.5. The summed E-state index contributed by atoms with van der Waals surface area (Å²) in [5.41, 5.74) is 2.65. The zero-order chi connectivity index (χ0) is 24.5. The maximum atomic E-state index is 13.8. The number of rotatable bonds is 7. The van der Waals surface area contributed by atoms with Crippen molar-refractivity contribution in [2.45, 2.75) is 37.5 Å². The van der Waals surface area contributed by atoms with Gasteiger partial charge in [0, 0.05) is 11.8 Å². The minimum Gasteiger partial charge on any atom is -0.494 e. The number of amides is 1. The van der Waals surface area contributed by atoms with E-state index in [1.54, 1.807) is 39.3 Å². The van der Waals surface area contributed by atoms with E-state index in [1.165, 1.54) is 28.4 Å². The Morgan fingerprint density at radius 3 is 2.59 bits per heavy atom. The molecule has 0 aliphatic rings. The van der Waals surface area contributed by atoms with Gasteiger partial charge in [-0.05, 0) is 62.7 Å². The van der Waals surface area contributed by atoms with E-state index in [0.717, 1.165) is 10.3 Å². The molecule has 0 unspecified atom stereocenters. The molecule has 4 rings (SSSR count).